The highest BCUT2D eigenvalue weighted by atomic mass is 32.1. The van der Waals surface area contributed by atoms with Crippen LogP contribution < -0.4 is 23.4 Å². The van der Waals surface area contributed by atoms with E-state index in [9.17, 15) is 19.5 Å². The van der Waals surface area contributed by atoms with Crippen LogP contribution in [-0.2, 0) is 9.59 Å². The van der Waals surface area contributed by atoms with E-state index in [4.69, 9.17) is 10.8 Å². The number of carbonyl (C=O) groups excluding carboxylic acids is 1. The predicted molar refractivity (Wildman–Crippen MR) is 113 cm³/mol. The Kier molecular flexibility index (Phi) is 10.4. The summed E-state index contributed by atoms with van der Waals surface area (Å²) < 4.78 is 0. The second-order valence-corrected chi connectivity index (χ2v) is 6.80. The zero-order valence-electron chi connectivity index (χ0n) is 16.6. The highest BCUT2D eigenvalue weighted by molar-refractivity contribution is 7.17. The van der Waals surface area contributed by atoms with E-state index in [-0.39, 0.29) is 35.9 Å². The van der Waals surface area contributed by atoms with Crippen LogP contribution in [0.3, 0.4) is 0 Å². The first-order chi connectivity index (χ1) is 13.2. The van der Waals surface area contributed by atoms with Crippen molar-refractivity contribution in [1.82, 2.24) is 17.3 Å². The molecule has 0 aliphatic heterocycles. The fraction of sp³-hybridized carbons (Fsp3) is 0.294. The molecule has 1 unspecified atom stereocenters. The molecule has 0 aliphatic rings. The van der Waals surface area contributed by atoms with Crippen molar-refractivity contribution in [3.63, 3.8) is 0 Å². The third-order valence-electron chi connectivity index (χ3n) is 3.71. The van der Waals surface area contributed by atoms with Gasteiger partial charge in [0, 0.05) is 24.7 Å². The van der Waals surface area contributed by atoms with Gasteiger partial charge in [-0.3, -0.25) is 9.59 Å². The van der Waals surface area contributed by atoms with Gasteiger partial charge in [0.15, 0.2) is 0 Å². The Balaban J connectivity index is 0.00000420. The van der Waals surface area contributed by atoms with E-state index in [1.165, 1.54) is 7.05 Å². The second-order valence-electron chi connectivity index (χ2n) is 5.80. The molecule has 0 aliphatic carbocycles. The maximum atomic E-state index is 12.0. The fourth-order valence-electron chi connectivity index (χ4n) is 2.32. The van der Waals surface area contributed by atoms with Gasteiger partial charge in [0.2, 0.25) is 5.91 Å². The largest absolute Gasteiger partial charge is 0.480 e. The van der Waals surface area contributed by atoms with Gasteiger partial charge >= 0.3 is 11.9 Å². The van der Waals surface area contributed by atoms with Gasteiger partial charge in [-0.15, -0.1) is 11.3 Å². The smallest absolute Gasteiger partial charge is 0.347 e. The molecule has 1 heterocycles. The summed E-state index contributed by atoms with van der Waals surface area (Å²) in [6, 6.07) is 3.76. The average molecular weight is 439 g/mol. The van der Waals surface area contributed by atoms with Crippen molar-refractivity contribution in [3.05, 3.63) is 28.8 Å². The molecule has 1 aromatic carbocycles. The molecule has 0 spiro atoms. The number of nitrogens with one attached hydrogen (secondary N) is 1. The molecule has 13 heteroatoms. The number of anilines is 1. The number of aliphatic carboxylic acids is 1. The van der Waals surface area contributed by atoms with Crippen molar-refractivity contribution in [3.8, 4) is 10.6 Å². The van der Waals surface area contributed by atoms with Gasteiger partial charge in [-0.25, -0.2) is 9.78 Å². The van der Waals surface area contributed by atoms with E-state index in [0.717, 1.165) is 11.3 Å². The summed E-state index contributed by atoms with van der Waals surface area (Å²) >= 11 is 1.03. The third kappa shape index (κ3) is 6.66. The number of amides is 1. The molecular formula is C17H25N7O5S. The molecule has 30 heavy (non-hydrogen) atoms. The standard InChI is InChI=1S/C17H19N5O5S.2H3N/c1-8-14(17(26)27)28-15(20-8)10-4-3-9(7-12(10)22-19-2)21-13(23)6-5-11(18)16(24)25;;/h3-4,7,11H,5-6,18H2,1-2H3,(H,21,23)(H,24,25)(H,26,27);2*1H3. The average Bonchev–Trinajstić information content (AvgIpc) is 3.02. The predicted octanol–water partition coefficient (Wildman–Crippen LogP) is 2.98. The summed E-state index contributed by atoms with van der Waals surface area (Å²) in [7, 11) is 1.48. The van der Waals surface area contributed by atoms with Crippen LogP contribution in [0.15, 0.2) is 28.4 Å². The number of carboxylic acid groups (broad SMARTS) is 2. The molecule has 12 nitrogen and oxygen atoms in total. The van der Waals surface area contributed by atoms with Gasteiger partial charge in [-0.1, -0.05) is 0 Å². The number of hydrogen-bond donors (Lipinski definition) is 6. The first-order valence-electron chi connectivity index (χ1n) is 8.16. The lowest BCUT2D eigenvalue weighted by molar-refractivity contribution is -0.138. The number of thiazole rings is 1. The highest BCUT2D eigenvalue weighted by Crippen LogP contribution is 2.36. The third-order valence-corrected chi connectivity index (χ3v) is 4.89. The number of aromatic carboxylic acids is 1. The van der Waals surface area contributed by atoms with Crippen molar-refractivity contribution in [2.45, 2.75) is 25.8 Å². The Morgan fingerprint density at radius 1 is 1.27 bits per heavy atom. The maximum absolute atomic E-state index is 12.0. The Morgan fingerprint density at radius 3 is 2.47 bits per heavy atom. The van der Waals surface area contributed by atoms with E-state index in [1.54, 1.807) is 25.1 Å². The van der Waals surface area contributed by atoms with Crippen molar-refractivity contribution in [2.24, 2.45) is 16.0 Å². The van der Waals surface area contributed by atoms with Crippen LogP contribution in [0.1, 0.15) is 28.2 Å². The monoisotopic (exact) mass is 439 g/mol. The molecule has 0 saturated carbocycles. The lowest BCUT2D eigenvalue weighted by Gasteiger charge is -2.09. The van der Waals surface area contributed by atoms with Gasteiger partial charge in [0.05, 0.1) is 11.4 Å². The zero-order chi connectivity index (χ0) is 20.8. The van der Waals surface area contributed by atoms with Gasteiger partial charge in [0.1, 0.15) is 15.9 Å². The van der Waals surface area contributed by atoms with Crippen molar-refractivity contribution in [2.75, 3.05) is 12.4 Å². The number of aromatic nitrogens is 1. The van der Waals surface area contributed by atoms with Crippen LogP contribution in [0.4, 0.5) is 11.4 Å². The number of hydrogen-bond acceptors (Lipinski definition) is 10. The first kappa shape index (κ1) is 26.7. The molecule has 0 bridgehead atoms. The number of rotatable bonds is 8. The van der Waals surface area contributed by atoms with Gasteiger partial charge in [-0.05, 0) is 31.5 Å². The Bertz CT molecular complexity index is 945. The SMILES string of the molecule is CN=Nc1cc(NC(=O)CCC(N)C(=O)O)ccc1-c1nc(C)c(C(=O)O)s1.N.N. The van der Waals surface area contributed by atoms with Crippen molar-refractivity contribution < 1.29 is 24.6 Å². The minimum atomic E-state index is -1.16. The molecule has 164 valence electrons. The zero-order valence-corrected chi connectivity index (χ0v) is 17.4. The molecule has 2 aromatic rings. The molecule has 1 amide bonds. The number of carbonyl (C=O) groups is 3. The summed E-state index contributed by atoms with van der Waals surface area (Å²) in [4.78, 5) is 38.4. The van der Waals surface area contributed by atoms with Crippen molar-refractivity contribution in [1.29, 1.82) is 0 Å². The second kappa shape index (κ2) is 11.7. The molecule has 11 N–H and O–H groups in total. The normalized spacial score (nSPS) is 11.3. The molecule has 1 atom stereocenters. The number of carboxylic acids is 2. The number of nitrogens with two attached hydrogens (primary N) is 1. The van der Waals surface area contributed by atoms with E-state index >= 15 is 0 Å². The minimum absolute atomic E-state index is 0. The molecule has 0 radical (unpaired) electrons. The summed E-state index contributed by atoms with van der Waals surface area (Å²) in [5.41, 5.74) is 7.22. The summed E-state index contributed by atoms with van der Waals surface area (Å²) in [6.07, 6.45) is -0.0371. The van der Waals surface area contributed by atoms with Crippen LogP contribution in [0.25, 0.3) is 10.6 Å². The topological polar surface area (TPSA) is 237 Å². The van der Waals surface area contributed by atoms with Gasteiger partial charge < -0.3 is 33.6 Å². The summed E-state index contributed by atoms with van der Waals surface area (Å²) in [5.74, 6) is -2.60. The molecular weight excluding hydrogens is 414 g/mol. The highest BCUT2D eigenvalue weighted by Gasteiger charge is 2.18. The van der Waals surface area contributed by atoms with Crippen molar-refractivity contribution >= 4 is 40.6 Å². The van der Waals surface area contributed by atoms with E-state index in [2.05, 4.69) is 20.5 Å². The Hall–Kier alpha value is -3.26. The van der Waals surface area contributed by atoms with Crippen LogP contribution in [0.2, 0.25) is 0 Å². The van der Waals surface area contributed by atoms with Crippen LogP contribution in [-0.4, -0.2) is 46.1 Å². The number of nitrogens with zero attached hydrogens (tertiary/aromatic N) is 3. The fourth-order valence-corrected chi connectivity index (χ4v) is 3.26. The number of benzene rings is 1. The molecule has 0 fully saturated rings. The Morgan fingerprint density at radius 2 is 1.93 bits per heavy atom. The van der Waals surface area contributed by atoms with Crippen LogP contribution in [0, 0.1) is 6.92 Å². The number of aryl methyl sites for hydroxylation is 1. The lowest BCUT2D eigenvalue weighted by Crippen LogP contribution is -2.31. The van der Waals surface area contributed by atoms with Gasteiger partial charge in [-0.2, -0.15) is 10.2 Å². The van der Waals surface area contributed by atoms with Gasteiger partial charge in [0.25, 0.3) is 0 Å². The van der Waals surface area contributed by atoms with E-state index in [1.807, 2.05) is 0 Å². The molecule has 0 saturated heterocycles. The van der Waals surface area contributed by atoms with Crippen LogP contribution >= 0.6 is 11.3 Å². The maximum Gasteiger partial charge on any atom is 0.347 e. The summed E-state index contributed by atoms with van der Waals surface area (Å²) in [5, 5.41) is 28.9. The van der Waals surface area contributed by atoms with E-state index < -0.39 is 18.0 Å². The Labute approximate surface area is 176 Å². The lowest BCUT2D eigenvalue weighted by atomic mass is 10.1. The first-order valence-corrected chi connectivity index (χ1v) is 8.97. The van der Waals surface area contributed by atoms with Crippen LogP contribution in [0.5, 0.6) is 0 Å². The molecule has 1 aromatic heterocycles. The summed E-state index contributed by atoms with van der Waals surface area (Å²) in [6.45, 7) is 1.61. The molecule has 2 rings (SSSR count). The number of azo groups is 1. The minimum Gasteiger partial charge on any atom is -0.480 e. The quantitative estimate of drug-likeness (QED) is 0.331. The van der Waals surface area contributed by atoms with E-state index in [0.29, 0.717) is 27.6 Å².